The second-order valence-corrected chi connectivity index (χ2v) is 6.87. The van der Waals surface area contributed by atoms with Crippen molar-refractivity contribution < 1.29 is 14.7 Å². The molecule has 1 saturated carbocycles. The average Bonchev–Trinajstić information content (AvgIpc) is 2.96. The maximum atomic E-state index is 12.4. The van der Waals surface area contributed by atoms with E-state index < -0.39 is 23.2 Å². The number of carboxylic acid groups (broad SMARTS) is 1. The molecule has 0 bridgehead atoms. The smallest absolute Gasteiger partial charge is 0.307 e. The first-order valence-electron chi connectivity index (χ1n) is 6.58. The van der Waals surface area contributed by atoms with E-state index in [1.54, 1.807) is 39.1 Å². The molecular formula is C15H17Cl2NO3. The molecule has 1 amide bonds. The summed E-state index contributed by atoms with van der Waals surface area (Å²) in [6, 6.07) is 5.18. The first-order chi connectivity index (χ1) is 9.66. The number of carbonyl (C=O) groups excluding carboxylic acids is 1. The van der Waals surface area contributed by atoms with E-state index in [1.807, 2.05) is 0 Å². The van der Waals surface area contributed by atoms with Crippen LogP contribution in [0.15, 0.2) is 18.2 Å². The first kappa shape index (κ1) is 16.1. The lowest BCUT2D eigenvalue weighted by atomic mass is 10.1. The molecular weight excluding hydrogens is 313 g/mol. The topological polar surface area (TPSA) is 57.6 Å². The van der Waals surface area contributed by atoms with E-state index in [9.17, 15) is 9.59 Å². The van der Waals surface area contributed by atoms with Crippen LogP contribution in [0.1, 0.15) is 19.4 Å². The fourth-order valence-electron chi connectivity index (χ4n) is 2.79. The molecule has 0 aliphatic heterocycles. The minimum absolute atomic E-state index is 0.154. The van der Waals surface area contributed by atoms with Crippen LogP contribution in [0.5, 0.6) is 0 Å². The summed E-state index contributed by atoms with van der Waals surface area (Å²) >= 11 is 11.8. The molecule has 1 aliphatic carbocycles. The quantitative estimate of drug-likeness (QED) is 0.921. The fourth-order valence-corrected chi connectivity index (χ4v) is 3.11. The van der Waals surface area contributed by atoms with Crippen molar-refractivity contribution in [3.05, 3.63) is 33.8 Å². The number of nitrogens with zero attached hydrogens (tertiary/aromatic N) is 1. The van der Waals surface area contributed by atoms with Gasteiger partial charge in [-0.15, -0.1) is 0 Å². The summed E-state index contributed by atoms with van der Waals surface area (Å²) in [6.45, 7) is 3.98. The van der Waals surface area contributed by atoms with Gasteiger partial charge in [-0.05, 0) is 23.1 Å². The van der Waals surface area contributed by atoms with Crippen molar-refractivity contribution in [3.8, 4) is 0 Å². The summed E-state index contributed by atoms with van der Waals surface area (Å²) in [5.74, 6) is -2.15. The van der Waals surface area contributed by atoms with E-state index in [1.165, 1.54) is 4.90 Å². The molecule has 2 unspecified atom stereocenters. The van der Waals surface area contributed by atoms with E-state index in [0.717, 1.165) is 5.56 Å². The predicted molar refractivity (Wildman–Crippen MR) is 81.3 cm³/mol. The summed E-state index contributed by atoms with van der Waals surface area (Å²) in [5.41, 5.74) is 0.361. The second kappa shape index (κ2) is 5.50. The number of aliphatic carboxylic acids is 1. The number of carbonyl (C=O) groups is 2. The number of halogens is 2. The molecule has 0 aromatic heterocycles. The number of benzene rings is 1. The van der Waals surface area contributed by atoms with Gasteiger partial charge in [-0.1, -0.05) is 43.1 Å². The van der Waals surface area contributed by atoms with Gasteiger partial charge >= 0.3 is 5.97 Å². The summed E-state index contributed by atoms with van der Waals surface area (Å²) in [6.07, 6.45) is 0. The Bertz CT molecular complexity index is 601. The van der Waals surface area contributed by atoms with Crippen molar-refractivity contribution in [1.82, 2.24) is 4.90 Å². The van der Waals surface area contributed by atoms with Crippen molar-refractivity contribution in [2.75, 3.05) is 7.05 Å². The Balaban J connectivity index is 2.07. The summed E-state index contributed by atoms with van der Waals surface area (Å²) in [4.78, 5) is 25.1. The molecule has 1 N–H and O–H groups in total. The van der Waals surface area contributed by atoms with E-state index >= 15 is 0 Å². The fraction of sp³-hybridized carbons (Fsp3) is 0.467. The summed E-state index contributed by atoms with van der Waals surface area (Å²) in [5, 5.41) is 10.0. The zero-order valence-corrected chi connectivity index (χ0v) is 13.6. The molecule has 21 heavy (non-hydrogen) atoms. The highest BCUT2D eigenvalue weighted by Gasteiger charge is 2.66. The van der Waals surface area contributed by atoms with Gasteiger partial charge in [0.1, 0.15) is 0 Å². The Hall–Kier alpha value is -1.26. The molecule has 0 spiro atoms. The summed E-state index contributed by atoms with van der Waals surface area (Å²) in [7, 11) is 1.66. The zero-order valence-electron chi connectivity index (χ0n) is 12.1. The van der Waals surface area contributed by atoms with Crippen LogP contribution in [0.3, 0.4) is 0 Å². The Kier molecular flexibility index (Phi) is 4.22. The minimum Gasteiger partial charge on any atom is -0.481 e. The molecule has 1 fully saturated rings. The lowest BCUT2D eigenvalue weighted by molar-refractivity contribution is -0.141. The van der Waals surface area contributed by atoms with Crippen LogP contribution in [0.25, 0.3) is 0 Å². The van der Waals surface area contributed by atoms with Crippen LogP contribution in [0.2, 0.25) is 10.0 Å². The van der Waals surface area contributed by atoms with Crippen LogP contribution >= 0.6 is 23.2 Å². The van der Waals surface area contributed by atoms with Crippen molar-refractivity contribution in [2.45, 2.75) is 20.4 Å². The number of hydrogen-bond acceptors (Lipinski definition) is 2. The third-order valence-electron chi connectivity index (χ3n) is 4.14. The predicted octanol–water partition coefficient (Wildman–Crippen LogP) is 3.31. The highest BCUT2D eigenvalue weighted by Crippen LogP contribution is 2.59. The Labute approximate surface area is 133 Å². The van der Waals surface area contributed by atoms with Gasteiger partial charge in [0.2, 0.25) is 5.91 Å². The van der Waals surface area contributed by atoms with Crippen LogP contribution < -0.4 is 0 Å². The van der Waals surface area contributed by atoms with E-state index in [-0.39, 0.29) is 5.91 Å². The molecule has 4 nitrogen and oxygen atoms in total. The molecule has 6 heteroatoms. The maximum absolute atomic E-state index is 12.4. The highest BCUT2D eigenvalue weighted by molar-refractivity contribution is 6.42. The maximum Gasteiger partial charge on any atom is 0.307 e. The number of carboxylic acids is 1. The Morgan fingerprint density at radius 3 is 2.33 bits per heavy atom. The minimum atomic E-state index is -0.915. The van der Waals surface area contributed by atoms with Crippen LogP contribution in [0.4, 0.5) is 0 Å². The van der Waals surface area contributed by atoms with E-state index in [0.29, 0.717) is 16.6 Å². The SMILES string of the molecule is CN(Cc1ccc(Cl)c(Cl)c1)C(=O)C1C(C(=O)O)C1(C)C. The molecule has 2 atom stereocenters. The molecule has 0 heterocycles. The average molecular weight is 330 g/mol. The lowest BCUT2D eigenvalue weighted by Gasteiger charge is -2.18. The van der Waals surface area contributed by atoms with Gasteiger partial charge in [0.05, 0.1) is 21.9 Å². The zero-order chi connectivity index (χ0) is 15.9. The van der Waals surface area contributed by atoms with Crippen LogP contribution in [-0.2, 0) is 16.1 Å². The second-order valence-electron chi connectivity index (χ2n) is 6.06. The van der Waals surface area contributed by atoms with Crippen molar-refractivity contribution in [1.29, 1.82) is 0 Å². The van der Waals surface area contributed by atoms with E-state index in [2.05, 4.69) is 0 Å². The number of rotatable bonds is 4. The molecule has 2 rings (SSSR count). The van der Waals surface area contributed by atoms with Crippen molar-refractivity contribution in [3.63, 3.8) is 0 Å². The highest BCUT2D eigenvalue weighted by atomic mass is 35.5. The summed E-state index contributed by atoms with van der Waals surface area (Å²) < 4.78 is 0. The van der Waals surface area contributed by atoms with Gasteiger partial charge in [-0.2, -0.15) is 0 Å². The monoisotopic (exact) mass is 329 g/mol. The van der Waals surface area contributed by atoms with Gasteiger partial charge in [0, 0.05) is 13.6 Å². The normalized spacial score (nSPS) is 22.7. The Morgan fingerprint density at radius 2 is 1.86 bits per heavy atom. The van der Waals surface area contributed by atoms with Crippen molar-refractivity contribution >= 4 is 35.1 Å². The van der Waals surface area contributed by atoms with Crippen LogP contribution in [0, 0.1) is 17.3 Å². The van der Waals surface area contributed by atoms with Gasteiger partial charge in [0.25, 0.3) is 0 Å². The van der Waals surface area contributed by atoms with Gasteiger partial charge in [0.15, 0.2) is 0 Å². The van der Waals surface area contributed by atoms with Crippen LogP contribution in [-0.4, -0.2) is 28.9 Å². The van der Waals surface area contributed by atoms with Gasteiger partial charge in [-0.25, -0.2) is 0 Å². The molecule has 114 valence electrons. The van der Waals surface area contributed by atoms with E-state index in [4.69, 9.17) is 28.3 Å². The molecule has 1 aromatic carbocycles. The molecule has 0 radical (unpaired) electrons. The lowest BCUT2D eigenvalue weighted by Crippen LogP contribution is -2.29. The Morgan fingerprint density at radius 1 is 1.24 bits per heavy atom. The third kappa shape index (κ3) is 3.01. The number of hydrogen-bond donors (Lipinski definition) is 1. The largest absolute Gasteiger partial charge is 0.481 e. The molecule has 1 aromatic rings. The first-order valence-corrected chi connectivity index (χ1v) is 7.33. The van der Waals surface area contributed by atoms with Gasteiger partial charge < -0.3 is 10.0 Å². The van der Waals surface area contributed by atoms with Crippen molar-refractivity contribution in [2.24, 2.45) is 17.3 Å². The van der Waals surface area contributed by atoms with Gasteiger partial charge in [-0.3, -0.25) is 9.59 Å². The molecule has 1 aliphatic rings. The third-order valence-corrected chi connectivity index (χ3v) is 4.88. The standard InChI is InChI=1S/C15H17Cl2NO3/c1-15(2)11(12(15)14(20)21)13(19)18(3)7-8-4-5-9(16)10(17)6-8/h4-6,11-12H,7H2,1-3H3,(H,20,21). The number of amides is 1. The molecule has 0 saturated heterocycles.